The van der Waals surface area contributed by atoms with Crippen LogP contribution in [-0.4, -0.2) is 26.8 Å². The van der Waals surface area contributed by atoms with Crippen molar-refractivity contribution in [2.24, 2.45) is 5.73 Å². The van der Waals surface area contributed by atoms with Gasteiger partial charge in [0, 0.05) is 38.0 Å². The molecule has 0 amide bonds. The Morgan fingerprint density at radius 3 is 2.75 bits per heavy atom. The van der Waals surface area contributed by atoms with Crippen LogP contribution in [0.2, 0.25) is 0 Å². The van der Waals surface area contributed by atoms with Crippen LogP contribution in [0.15, 0.2) is 18.2 Å². The van der Waals surface area contributed by atoms with Crippen molar-refractivity contribution in [3.05, 3.63) is 29.6 Å². The highest BCUT2D eigenvalue weighted by molar-refractivity contribution is 5.54. The van der Waals surface area contributed by atoms with Crippen LogP contribution >= 0.6 is 0 Å². The Balaban J connectivity index is 2.94. The Morgan fingerprint density at radius 2 is 2.19 bits per heavy atom. The van der Waals surface area contributed by atoms with Crippen LogP contribution in [-0.2, 0) is 11.3 Å². The van der Waals surface area contributed by atoms with Crippen molar-refractivity contribution < 1.29 is 9.13 Å². The summed E-state index contributed by atoms with van der Waals surface area (Å²) in [6.45, 7) is 4.41. The Morgan fingerprint density at radius 1 is 1.44 bits per heavy atom. The normalized spacial score (nSPS) is 10.5. The lowest BCUT2D eigenvalue weighted by atomic mass is 10.1. The fourth-order valence-electron chi connectivity index (χ4n) is 1.70. The zero-order valence-corrected chi connectivity index (χ0v) is 9.87. The molecule has 0 aliphatic heterocycles. The van der Waals surface area contributed by atoms with E-state index in [1.165, 1.54) is 6.07 Å². The van der Waals surface area contributed by atoms with Gasteiger partial charge in [0.05, 0.1) is 6.61 Å². The molecule has 1 rings (SSSR count). The summed E-state index contributed by atoms with van der Waals surface area (Å²) in [5, 5.41) is 0. The van der Waals surface area contributed by atoms with Gasteiger partial charge < -0.3 is 15.4 Å². The lowest BCUT2D eigenvalue weighted by Crippen LogP contribution is -2.28. The zero-order valence-electron chi connectivity index (χ0n) is 9.87. The van der Waals surface area contributed by atoms with E-state index in [4.69, 9.17) is 10.5 Å². The number of anilines is 1. The van der Waals surface area contributed by atoms with Crippen molar-refractivity contribution in [3.8, 4) is 0 Å². The number of hydrogen-bond donors (Lipinski definition) is 1. The van der Waals surface area contributed by atoms with Crippen LogP contribution < -0.4 is 10.6 Å². The lowest BCUT2D eigenvalue weighted by Gasteiger charge is -2.25. The minimum Gasteiger partial charge on any atom is -0.383 e. The topological polar surface area (TPSA) is 38.5 Å². The van der Waals surface area contributed by atoms with Crippen molar-refractivity contribution in [2.75, 3.05) is 31.7 Å². The third-order valence-electron chi connectivity index (χ3n) is 2.59. The van der Waals surface area contributed by atoms with E-state index >= 15 is 0 Å². The molecular formula is C12H19FN2O. The average molecular weight is 226 g/mol. The minimum absolute atomic E-state index is 0.214. The van der Waals surface area contributed by atoms with Gasteiger partial charge in [-0.2, -0.15) is 0 Å². The first-order chi connectivity index (χ1) is 7.74. The first-order valence-electron chi connectivity index (χ1n) is 5.45. The number of ether oxygens (including phenoxy) is 1. The summed E-state index contributed by atoms with van der Waals surface area (Å²) in [4.78, 5) is 2.06. The fourth-order valence-corrected chi connectivity index (χ4v) is 1.70. The molecule has 0 radical (unpaired) electrons. The van der Waals surface area contributed by atoms with Crippen LogP contribution in [0.5, 0.6) is 0 Å². The third-order valence-corrected chi connectivity index (χ3v) is 2.59. The molecule has 3 nitrogen and oxygen atoms in total. The zero-order chi connectivity index (χ0) is 12.0. The summed E-state index contributed by atoms with van der Waals surface area (Å²) >= 11 is 0. The predicted molar refractivity (Wildman–Crippen MR) is 64.1 cm³/mol. The maximum Gasteiger partial charge on any atom is 0.129 e. The number of halogens is 1. The summed E-state index contributed by atoms with van der Waals surface area (Å²) < 4.78 is 18.6. The van der Waals surface area contributed by atoms with Gasteiger partial charge >= 0.3 is 0 Å². The van der Waals surface area contributed by atoms with Gasteiger partial charge in [-0.15, -0.1) is 0 Å². The largest absolute Gasteiger partial charge is 0.383 e. The molecule has 0 atom stereocenters. The molecule has 90 valence electrons. The lowest BCUT2D eigenvalue weighted by molar-refractivity contribution is 0.205. The van der Waals surface area contributed by atoms with Crippen LogP contribution in [0.25, 0.3) is 0 Å². The number of nitrogens with two attached hydrogens (primary N) is 1. The molecule has 0 spiro atoms. The van der Waals surface area contributed by atoms with Gasteiger partial charge in [0.25, 0.3) is 0 Å². The van der Waals surface area contributed by atoms with E-state index in [2.05, 4.69) is 4.90 Å². The maximum atomic E-state index is 13.5. The molecule has 1 aromatic rings. The van der Waals surface area contributed by atoms with Gasteiger partial charge in [0.1, 0.15) is 5.82 Å². The molecular weight excluding hydrogens is 207 g/mol. The van der Waals surface area contributed by atoms with Crippen LogP contribution in [0, 0.1) is 5.82 Å². The van der Waals surface area contributed by atoms with Crippen LogP contribution in [0.3, 0.4) is 0 Å². The van der Waals surface area contributed by atoms with Gasteiger partial charge in [-0.25, -0.2) is 4.39 Å². The first-order valence-corrected chi connectivity index (χ1v) is 5.45. The number of rotatable bonds is 6. The quantitative estimate of drug-likeness (QED) is 0.803. The highest BCUT2D eigenvalue weighted by atomic mass is 19.1. The maximum absolute atomic E-state index is 13.5. The standard InChI is InChI=1S/C12H19FN2O/c1-3-15(7-8-16-2)12-6-4-5-11(13)10(12)9-14/h4-6H,3,7-9,14H2,1-2H3. The number of likely N-dealkylation sites (N-methyl/N-ethyl adjacent to an activating group) is 1. The monoisotopic (exact) mass is 226 g/mol. The molecule has 0 bridgehead atoms. The highest BCUT2D eigenvalue weighted by Gasteiger charge is 2.11. The Bertz CT molecular complexity index is 331. The molecule has 16 heavy (non-hydrogen) atoms. The first kappa shape index (κ1) is 12.9. The minimum atomic E-state index is -0.240. The van der Waals surface area contributed by atoms with E-state index in [1.807, 2.05) is 13.0 Å². The molecule has 0 fully saturated rings. The highest BCUT2D eigenvalue weighted by Crippen LogP contribution is 2.22. The smallest absolute Gasteiger partial charge is 0.129 e. The molecule has 0 aliphatic rings. The van der Waals surface area contributed by atoms with Crippen molar-refractivity contribution >= 4 is 5.69 Å². The third kappa shape index (κ3) is 2.93. The van der Waals surface area contributed by atoms with Crippen molar-refractivity contribution in [3.63, 3.8) is 0 Å². The van der Waals surface area contributed by atoms with E-state index in [1.54, 1.807) is 13.2 Å². The SMILES string of the molecule is CCN(CCOC)c1cccc(F)c1CN. The van der Waals surface area contributed by atoms with Gasteiger partial charge in [-0.3, -0.25) is 0 Å². The fraction of sp³-hybridized carbons (Fsp3) is 0.500. The molecule has 1 aromatic carbocycles. The van der Waals surface area contributed by atoms with E-state index in [9.17, 15) is 4.39 Å². The van der Waals surface area contributed by atoms with E-state index in [-0.39, 0.29) is 12.4 Å². The molecule has 4 heteroatoms. The second kappa shape index (κ2) is 6.45. The van der Waals surface area contributed by atoms with Crippen LogP contribution in [0.4, 0.5) is 10.1 Å². The summed E-state index contributed by atoms with van der Waals surface area (Å²) in [6, 6.07) is 5.04. The van der Waals surface area contributed by atoms with Crippen molar-refractivity contribution in [1.29, 1.82) is 0 Å². The molecule has 0 heterocycles. The second-order valence-electron chi connectivity index (χ2n) is 3.51. The molecule has 0 saturated heterocycles. The number of hydrogen-bond acceptors (Lipinski definition) is 3. The summed E-state index contributed by atoms with van der Waals surface area (Å²) in [5.41, 5.74) is 7.01. The molecule has 2 N–H and O–H groups in total. The van der Waals surface area contributed by atoms with E-state index in [0.717, 1.165) is 18.8 Å². The number of benzene rings is 1. The second-order valence-corrected chi connectivity index (χ2v) is 3.51. The van der Waals surface area contributed by atoms with Crippen LogP contribution in [0.1, 0.15) is 12.5 Å². The van der Waals surface area contributed by atoms with Gasteiger partial charge in [-0.05, 0) is 19.1 Å². The van der Waals surface area contributed by atoms with E-state index in [0.29, 0.717) is 12.2 Å². The number of nitrogens with zero attached hydrogens (tertiary/aromatic N) is 1. The predicted octanol–water partition coefficient (Wildman–Crippen LogP) is 1.76. The molecule has 0 saturated carbocycles. The van der Waals surface area contributed by atoms with E-state index < -0.39 is 0 Å². The van der Waals surface area contributed by atoms with Gasteiger partial charge in [0.2, 0.25) is 0 Å². The average Bonchev–Trinajstić information content (AvgIpc) is 2.30. The molecule has 0 aliphatic carbocycles. The Labute approximate surface area is 96.0 Å². The number of methoxy groups -OCH3 is 1. The Kier molecular flexibility index (Phi) is 5.22. The molecule has 0 unspecified atom stereocenters. The Hall–Kier alpha value is -1.13. The summed E-state index contributed by atoms with van der Waals surface area (Å²) in [7, 11) is 1.66. The summed E-state index contributed by atoms with van der Waals surface area (Å²) in [6.07, 6.45) is 0. The van der Waals surface area contributed by atoms with Gasteiger partial charge in [0.15, 0.2) is 0 Å². The van der Waals surface area contributed by atoms with Gasteiger partial charge in [-0.1, -0.05) is 6.07 Å². The van der Waals surface area contributed by atoms with Crippen molar-refractivity contribution in [2.45, 2.75) is 13.5 Å². The summed E-state index contributed by atoms with van der Waals surface area (Å²) in [5.74, 6) is -0.240. The molecule has 0 aromatic heterocycles. The van der Waals surface area contributed by atoms with Crippen molar-refractivity contribution in [1.82, 2.24) is 0 Å².